The Morgan fingerprint density at radius 2 is 1.88 bits per heavy atom. The highest BCUT2D eigenvalue weighted by atomic mass is 16.7. The fourth-order valence-corrected chi connectivity index (χ4v) is 2.73. The van der Waals surface area contributed by atoms with E-state index in [0.717, 1.165) is 5.56 Å². The van der Waals surface area contributed by atoms with Gasteiger partial charge in [0.25, 0.3) is 0 Å². The number of carboxylic acid groups (broad SMARTS) is 1. The maximum absolute atomic E-state index is 11.6. The number of methoxy groups -OCH3 is 3. The number of aliphatic carboxylic acids is 1. The van der Waals surface area contributed by atoms with Crippen molar-refractivity contribution in [3.8, 4) is 5.88 Å². The zero-order chi connectivity index (χ0) is 18.4. The predicted molar refractivity (Wildman–Crippen MR) is 90.0 cm³/mol. The molecule has 0 aliphatic heterocycles. The second-order valence-electron chi connectivity index (χ2n) is 6.60. The number of carboxylic acids is 1. The first kappa shape index (κ1) is 20.3. The van der Waals surface area contributed by atoms with Crippen LogP contribution in [-0.4, -0.2) is 50.2 Å². The summed E-state index contributed by atoms with van der Waals surface area (Å²) in [5.41, 5.74) is -0.495. The number of carbonyl (C=O) groups is 1. The molecule has 1 heterocycles. The number of nitrogens with one attached hydrogen (secondary N) is 1. The summed E-state index contributed by atoms with van der Waals surface area (Å²) in [5.74, 6) is -0.428. The van der Waals surface area contributed by atoms with Gasteiger partial charge in [-0.05, 0) is 11.0 Å². The Labute approximate surface area is 143 Å². The summed E-state index contributed by atoms with van der Waals surface area (Å²) in [6, 6.07) is 3.56. The molecule has 0 radical (unpaired) electrons. The fourth-order valence-electron chi connectivity index (χ4n) is 2.73. The zero-order valence-corrected chi connectivity index (χ0v) is 15.3. The van der Waals surface area contributed by atoms with Crippen molar-refractivity contribution in [3.05, 3.63) is 23.9 Å². The van der Waals surface area contributed by atoms with E-state index in [9.17, 15) is 9.90 Å². The Balaban J connectivity index is 3.31. The number of hydrogen-bond donors (Lipinski definition) is 2. The van der Waals surface area contributed by atoms with E-state index in [1.54, 1.807) is 26.5 Å². The quantitative estimate of drug-likeness (QED) is 0.665. The summed E-state index contributed by atoms with van der Waals surface area (Å²) >= 11 is 0. The van der Waals surface area contributed by atoms with Crippen LogP contribution in [0.1, 0.15) is 32.8 Å². The molecule has 0 aliphatic rings. The Morgan fingerprint density at radius 3 is 2.25 bits per heavy atom. The molecule has 0 unspecified atom stereocenters. The van der Waals surface area contributed by atoms with E-state index in [-0.39, 0.29) is 6.42 Å². The van der Waals surface area contributed by atoms with Crippen LogP contribution < -0.4 is 10.1 Å². The monoisotopic (exact) mass is 340 g/mol. The molecule has 0 spiro atoms. The molecule has 0 aromatic carbocycles. The number of aromatic nitrogens is 1. The highest BCUT2D eigenvalue weighted by molar-refractivity contribution is 5.69. The minimum Gasteiger partial charge on any atom is -0.481 e. The van der Waals surface area contributed by atoms with Gasteiger partial charge in [0.1, 0.15) is 0 Å². The van der Waals surface area contributed by atoms with E-state index in [0.29, 0.717) is 12.4 Å². The van der Waals surface area contributed by atoms with E-state index in [2.05, 4.69) is 10.3 Å². The lowest BCUT2D eigenvalue weighted by Crippen LogP contribution is -2.55. The fraction of sp³-hybridized carbons (Fsp3) is 0.647. The van der Waals surface area contributed by atoms with Gasteiger partial charge in [-0.1, -0.05) is 26.8 Å². The van der Waals surface area contributed by atoms with Gasteiger partial charge in [-0.2, -0.15) is 0 Å². The molecule has 1 aromatic heterocycles. The van der Waals surface area contributed by atoms with Crippen LogP contribution in [0.15, 0.2) is 18.3 Å². The number of nitrogens with zero attached hydrogens (tertiary/aromatic N) is 1. The van der Waals surface area contributed by atoms with Crippen LogP contribution >= 0.6 is 0 Å². The molecule has 7 nitrogen and oxygen atoms in total. The third-order valence-corrected chi connectivity index (χ3v) is 4.23. The third kappa shape index (κ3) is 4.66. The van der Waals surface area contributed by atoms with Crippen LogP contribution in [0, 0.1) is 5.41 Å². The van der Waals surface area contributed by atoms with Gasteiger partial charge in [-0.25, -0.2) is 4.98 Å². The lowest BCUT2D eigenvalue weighted by molar-refractivity contribution is -0.141. The smallest absolute Gasteiger partial charge is 0.305 e. The highest BCUT2D eigenvalue weighted by Gasteiger charge is 2.45. The molecule has 1 atom stereocenters. The van der Waals surface area contributed by atoms with Crippen LogP contribution in [-0.2, 0) is 19.8 Å². The van der Waals surface area contributed by atoms with Crippen LogP contribution in [0.5, 0.6) is 5.88 Å². The predicted octanol–water partition coefficient (Wildman–Crippen LogP) is 2.01. The van der Waals surface area contributed by atoms with Crippen LogP contribution in [0.3, 0.4) is 0 Å². The number of ether oxygens (including phenoxy) is 3. The summed E-state index contributed by atoms with van der Waals surface area (Å²) in [7, 11) is 4.62. The van der Waals surface area contributed by atoms with Crippen molar-refractivity contribution in [2.75, 3.05) is 27.9 Å². The van der Waals surface area contributed by atoms with Gasteiger partial charge in [0.15, 0.2) is 6.29 Å². The van der Waals surface area contributed by atoms with Crippen molar-refractivity contribution in [1.82, 2.24) is 10.3 Å². The minimum atomic E-state index is -0.903. The summed E-state index contributed by atoms with van der Waals surface area (Å²) in [4.78, 5) is 15.8. The summed E-state index contributed by atoms with van der Waals surface area (Å²) in [6.07, 6.45) is 1.06. The molecule has 0 aliphatic carbocycles. The summed E-state index contributed by atoms with van der Waals surface area (Å²) in [5, 5.41) is 12.9. The van der Waals surface area contributed by atoms with Crippen LogP contribution in [0.2, 0.25) is 0 Å². The first-order valence-corrected chi connectivity index (χ1v) is 7.73. The number of pyridine rings is 1. The third-order valence-electron chi connectivity index (χ3n) is 4.23. The topological polar surface area (TPSA) is 89.9 Å². The van der Waals surface area contributed by atoms with Gasteiger partial charge in [-0.3, -0.25) is 4.79 Å². The minimum absolute atomic E-state index is 0.106. The van der Waals surface area contributed by atoms with E-state index >= 15 is 0 Å². The van der Waals surface area contributed by atoms with Gasteiger partial charge in [0.05, 0.1) is 19.1 Å². The number of hydrogen-bond acceptors (Lipinski definition) is 6. The Morgan fingerprint density at radius 1 is 1.25 bits per heavy atom. The van der Waals surface area contributed by atoms with Gasteiger partial charge >= 0.3 is 5.97 Å². The van der Waals surface area contributed by atoms with Crippen molar-refractivity contribution in [1.29, 1.82) is 0 Å². The van der Waals surface area contributed by atoms with E-state index in [1.807, 2.05) is 26.8 Å². The SMILES string of the molecule is COc1ccc([C@@](CC(=O)O)(NCC(OC)OC)C(C)(C)C)cn1. The first-order valence-electron chi connectivity index (χ1n) is 7.73. The molecule has 0 fully saturated rings. The average Bonchev–Trinajstić information content (AvgIpc) is 2.53. The maximum atomic E-state index is 11.6. The van der Waals surface area contributed by atoms with E-state index in [4.69, 9.17) is 14.2 Å². The Hall–Kier alpha value is -1.70. The van der Waals surface area contributed by atoms with Gasteiger partial charge in [0, 0.05) is 33.0 Å². The number of rotatable bonds is 9. The molecule has 0 bridgehead atoms. The van der Waals surface area contributed by atoms with Crippen LogP contribution in [0.25, 0.3) is 0 Å². The molecule has 0 amide bonds. The largest absolute Gasteiger partial charge is 0.481 e. The van der Waals surface area contributed by atoms with Crippen molar-refractivity contribution in [3.63, 3.8) is 0 Å². The van der Waals surface area contributed by atoms with Crippen LogP contribution in [0.4, 0.5) is 0 Å². The average molecular weight is 340 g/mol. The lowest BCUT2D eigenvalue weighted by Gasteiger charge is -2.45. The molecule has 1 rings (SSSR count). The Kier molecular flexibility index (Phi) is 7.13. The molecule has 1 aromatic rings. The highest BCUT2D eigenvalue weighted by Crippen LogP contribution is 2.42. The molecule has 0 saturated heterocycles. The normalized spacial score (nSPS) is 14.5. The van der Waals surface area contributed by atoms with Crippen molar-refractivity contribution in [2.45, 2.75) is 39.0 Å². The molecule has 136 valence electrons. The van der Waals surface area contributed by atoms with Gasteiger partial charge in [-0.15, -0.1) is 0 Å². The summed E-state index contributed by atoms with van der Waals surface area (Å²) < 4.78 is 15.5. The lowest BCUT2D eigenvalue weighted by atomic mass is 9.67. The molecule has 2 N–H and O–H groups in total. The first-order chi connectivity index (χ1) is 11.2. The van der Waals surface area contributed by atoms with E-state index < -0.39 is 23.2 Å². The second kappa shape index (κ2) is 8.41. The standard InChI is InChI=1S/C17H28N2O5/c1-16(2,3)17(9-14(20)21,19-11-15(23-5)24-6)12-7-8-13(22-4)18-10-12/h7-8,10,15,19H,9,11H2,1-6H3,(H,20,21)/t17-/m1/s1. The van der Waals surface area contributed by atoms with Gasteiger partial charge < -0.3 is 24.6 Å². The van der Waals surface area contributed by atoms with Gasteiger partial charge in [0.2, 0.25) is 5.88 Å². The van der Waals surface area contributed by atoms with E-state index in [1.165, 1.54) is 7.11 Å². The molecular formula is C17H28N2O5. The van der Waals surface area contributed by atoms with Crippen molar-refractivity contribution < 1.29 is 24.1 Å². The molecule has 7 heteroatoms. The Bertz CT molecular complexity index is 523. The summed E-state index contributed by atoms with van der Waals surface area (Å²) in [6.45, 7) is 6.30. The maximum Gasteiger partial charge on any atom is 0.305 e. The zero-order valence-electron chi connectivity index (χ0n) is 15.3. The van der Waals surface area contributed by atoms with Crippen molar-refractivity contribution >= 4 is 5.97 Å². The molecule has 24 heavy (non-hydrogen) atoms. The molecular weight excluding hydrogens is 312 g/mol. The molecule has 0 saturated carbocycles. The van der Waals surface area contributed by atoms with Crippen molar-refractivity contribution in [2.24, 2.45) is 5.41 Å². The second-order valence-corrected chi connectivity index (χ2v) is 6.60.